The van der Waals surface area contributed by atoms with Gasteiger partial charge in [-0.3, -0.25) is 0 Å². The van der Waals surface area contributed by atoms with Crippen molar-refractivity contribution in [3.05, 3.63) is 182 Å². The minimum Gasteiger partial charge on any atom is -0.456 e. The molecule has 11 aromatic rings. The van der Waals surface area contributed by atoms with Crippen molar-refractivity contribution < 1.29 is 4.42 Å². The van der Waals surface area contributed by atoms with Crippen LogP contribution in [0.4, 0.5) is 0 Å². The lowest BCUT2D eigenvalue weighted by Crippen LogP contribution is -1.94. The molecule has 0 unspecified atom stereocenters. The van der Waals surface area contributed by atoms with E-state index in [1.165, 1.54) is 32.8 Å². The van der Waals surface area contributed by atoms with Crippen LogP contribution in [0.5, 0.6) is 0 Å². The highest BCUT2D eigenvalue weighted by atomic mass is 16.3. The number of nitrogens with zero attached hydrogens (tertiary/aromatic N) is 2. The summed E-state index contributed by atoms with van der Waals surface area (Å²) in [5, 5.41) is 8.10. The van der Waals surface area contributed by atoms with E-state index in [-0.39, 0.29) is 0 Å². The SMILES string of the molecule is c1ccc(-c2nc3ccccc3c3c(-c4cccc(-c5ccc6c7ccccc7n(-c7ccccc7)c6c5)c4)c4c(cc23)oc2ccccc24)cc1. The Hall–Kier alpha value is -6.97. The van der Waals surface area contributed by atoms with Crippen LogP contribution in [0.15, 0.2) is 186 Å². The number of hydrogen-bond acceptors (Lipinski definition) is 2. The molecule has 0 saturated heterocycles. The maximum atomic E-state index is 6.64. The molecular weight excluding hydrogens is 633 g/mol. The molecule has 3 heteroatoms. The molecule has 0 saturated carbocycles. The van der Waals surface area contributed by atoms with Gasteiger partial charge in [-0.05, 0) is 65.2 Å². The number of pyridine rings is 1. The largest absolute Gasteiger partial charge is 0.456 e. The normalized spacial score (nSPS) is 11.8. The van der Waals surface area contributed by atoms with Crippen molar-refractivity contribution in [2.24, 2.45) is 0 Å². The minimum absolute atomic E-state index is 0.858. The molecule has 0 bridgehead atoms. The summed E-state index contributed by atoms with van der Waals surface area (Å²) >= 11 is 0. The van der Waals surface area contributed by atoms with Gasteiger partial charge in [0.15, 0.2) is 0 Å². The second-order valence-corrected chi connectivity index (χ2v) is 13.5. The van der Waals surface area contributed by atoms with E-state index in [1.54, 1.807) is 0 Å². The molecule has 52 heavy (non-hydrogen) atoms. The second kappa shape index (κ2) is 11.3. The van der Waals surface area contributed by atoms with Gasteiger partial charge in [0.25, 0.3) is 0 Å². The first-order chi connectivity index (χ1) is 25.8. The number of hydrogen-bond donors (Lipinski definition) is 0. The Morgan fingerprint density at radius 1 is 0.385 bits per heavy atom. The topological polar surface area (TPSA) is 31.0 Å². The van der Waals surface area contributed by atoms with E-state index in [1.807, 2.05) is 6.07 Å². The average molecular weight is 663 g/mol. The minimum atomic E-state index is 0.858. The van der Waals surface area contributed by atoms with E-state index in [0.717, 1.165) is 71.9 Å². The van der Waals surface area contributed by atoms with Crippen molar-refractivity contribution in [1.82, 2.24) is 9.55 Å². The zero-order valence-electron chi connectivity index (χ0n) is 28.1. The van der Waals surface area contributed by atoms with Gasteiger partial charge in [0.2, 0.25) is 0 Å². The molecular formula is C49H30N2O. The van der Waals surface area contributed by atoms with Crippen molar-refractivity contribution in [1.29, 1.82) is 0 Å². The molecule has 3 aromatic heterocycles. The fourth-order valence-corrected chi connectivity index (χ4v) is 8.28. The first kappa shape index (κ1) is 28.8. The molecule has 0 aliphatic rings. The summed E-state index contributed by atoms with van der Waals surface area (Å²) in [6, 6.07) is 64.9. The predicted octanol–water partition coefficient (Wildman–Crippen LogP) is 13.4. The Labute approximate surface area is 299 Å². The quantitative estimate of drug-likeness (QED) is 0.176. The third kappa shape index (κ3) is 4.30. The number of rotatable bonds is 4. The summed E-state index contributed by atoms with van der Waals surface area (Å²) < 4.78 is 9.03. The van der Waals surface area contributed by atoms with Crippen LogP contribution >= 0.6 is 0 Å². The number of para-hydroxylation sites is 4. The molecule has 0 radical (unpaired) electrons. The molecule has 0 aliphatic carbocycles. The number of furan rings is 1. The summed E-state index contributed by atoms with van der Waals surface area (Å²) in [6.07, 6.45) is 0. The van der Waals surface area contributed by atoms with Crippen LogP contribution in [0.1, 0.15) is 0 Å². The van der Waals surface area contributed by atoms with E-state index in [4.69, 9.17) is 9.40 Å². The Morgan fingerprint density at radius 3 is 1.90 bits per heavy atom. The Balaban J connectivity index is 1.22. The smallest absolute Gasteiger partial charge is 0.136 e. The van der Waals surface area contributed by atoms with Gasteiger partial charge >= 0.3 is 0 Å². The molecule has 11 rings (SSSR count). The lowest BCUT2D eigenvalue weighted by molar-refractivity contribution is 0.669. The molecule has 0 aliphatic heterocycles. The summed E-state index contributed by atoms with van der Waals surface area (Å²) in [7, 11) is 0. The maximum Gasteiger partial charge on any atom is 0.136 e. The lowest BCUT2D eigenvalue weighted by Gasteiger charge is -2.16. The van der Waals surface area contributed by atoms with E-state index in [9.17, 15) is 0 Å². The van der Waals surface area contributed by atoms with Crippen molar-refractivity contribution >= 4 is 65.4 Å². The summed E-state index contributed by atoms with van der Waals surface area (Å²) in [5.74, 6) is 0. The highest BCUT2D eigenvalue weighted by Gasteiger charge is 2.22. The molecule has 0 amide bonds. The van der Waals surface area contributed by atoms with Gasteiger partial charge in [-0.1, -0.05) is 133 Å². The Bertz CT molecular complexity index is 3170. The van der Waals surface area contributed by atoms with Crippen LogP contribution in [0.2, 0.25) is 0 Å². The summed E-state index contributed by atoms with van der Waals surface area (Å²) in [5.41, 5.74) is 12.9. The summed E-state index contributed by atoms with van der Waals surface area (Å²) in [4.78, 5) is 5.27. The maximum absolute atomic E-state index is 6.64. The molecule has 3 heterocycles. The van der Waals surface area contributed by atoms with Gasteiger partial charge in [-0.2, -0.15) is 0 Å². The van der Waals surface area contributed by atoms with Crippen molar-refractivity contribution in [3.63, 3.8) is 0 Å². The lowest BCUT2D eigenvalue weighted by atomic mass is 9.88. The van der Waals surface area contributed by atoms with Gasteiger partial charge in [0.05, 0.1) is 22.2 Å². The Morgan fingerprint density at radius 2 is 1.04 bits per heavy atom. The van der Waals surface area contributed by atoms with E-state index in [0.29, 0.717) is 0 Å². The van der Waals surface area contributed by atoms with E-state index >= 15 is 0 Å². The van der Waals surface area contributed by atoms with Gasteiger partial charge in [0, 0.05) is 54.5 Å². The van der Waals surface area contributed by atoms with Gasteiger partial charge in [-0.25, -0.2) is 4.98 Å². The van der Waals surface area contributed by atoms with Crippen LogP contribution in [0, 0.1) is 0 Å². The first-order valence-corrected chi connectivity index (χ1v) is 17.7. The monoisotopic (exact) mass is 662 g/mol. The van der Waals surface area contributed by atoms with Crippen LogP contribution in [-0.4, -0.2) is 9.55 Å². The van der Waals surface area contributed by atoms with Crippen LogP contribution in [0.25, 0.3) is 105 Å². The molecule has 0 atom stereocenters. The van der Waals surface area contributed by atoms with Crippen molar-refractivity contribution in [3.8, 4) is 39.2 Å². The van der Waals surface area contributed by atoms with Crippen LogP contribution < -0.4 is 0 Å². The fourth-order valence-electron chi connectivity index (χ4n) is 8.28. The van der Waals surface area contributed by atoms with Gasteiger partial charge < -0.3 is 8.98 Å². The fraction of sp³-hybridized carbons (Fsp3) is 0. The second-order valence-electron chi connectivity index (χ2n) is 13.5. The molecule has 8 aromatic carbocycles. The molecule has 3 nitrogen and oxygen atoms in total. The standard InChI is InChI=1S/C49H30N2O/c1-3-14-31(15-4-1)49-40-30-45-48(39-22-9-12-25-44(39)52-45)46(47(40)38-21-7-10-23-41(38)50-49)34-17-13-16-32(28-34)33-26-27-37-36-20-8-11-24-42(36)51(43(37)29-33)35-18-5-2-6-19-35/h1-30H. The molecule has 0 fully saturated rings. The van der Waals surface area contributed by atoms with E-state index < -0.39 is 0 Å². The zero-order chi connectivity index (χ0) is 34.2. The third-order valence-corrected chi connectivity index (χ3v) is 10.5. The molecule has 242 valence electrons. The predicted molar refractivity (Wildman–Crippen MR) is 217 cm³/mol. The van der Waals surface area contributed by atoms with Gasteiger partial charge in [-0.15, -0.1) is 0 Å². The van der Waals surface area contributed by atoms with Crippen molar-refractivity contribution in [2.45, 2.75) is 0 Å². The third-order valence-electron chi connectivity index (χ3n) is 10.5. The first-order valence-electron chi connectivity index (χ1n) is 17.7. The molecule has 0 N–H and O–H groups in total. The average Bonchev–Trinajstić information content (AvgIpc) is 3.75. The number of fused-ring (bicyclic) bond motifs is 9. The zero-order valence-corrected chi connectivity index (χ0v) is 28.1. The van der Waals surface area contributed by atoms with Crippen molar-refractivity contribution in [2.75, 3.05) is 0 Å². The number of benzene rings is 8. The summed E-state index contributed by atoms with van der Waals surface area (Å²) in [6.45, 7) is 0. The van der Waals surface area contributed by atoms with Gasteiger partial charge in [0.1, 0.15) is 11.2 Å². The number of aromatic nitrogens is 2. The molecule has 0 spiro atoms. The Kier molecular flexibility index (Phi) is 6.25. The highest BCUT2D eigenvalue weighted by Crippen LogP contribution is 2.47. The van der Waals surface area contributed by atoms with Crippen LogP contribution in [-0.2, 0) is 0 Å². The van der Waals surface area contributed by atoms with Crippen LogP contribution in [0.3, 0.4) is 0 Å². The highest BCUT2D eigenvalue weighted by molar-refractivity contribution is 6.28. The van der Waals surface area contributed by atoms with E-state index in [2.05, 4.69) is 180 Å².